The van der Waals surface area contributed by atoms with Gasteiger partial charge in [-0.05, 0) is 46.9 Å². The molecule has 0 aromatic carbocycles. The summed E-state index contributed by atoms with van der Waals surface area (Å²) in [5.74, 6) is 0. The van der Waals surface area contributed by atoms with Crippen LogP contribution < -0.4 is 5.32 Å². The summed E-state index contributed by atoms with van der Waals surface area (Å²) < 4.78 is 2.59. The van der Waals surface area contributed by atoms with Crippen molar-refractivity contribution in [2.75, 3.05) is 7.05 Å². The monoisotopic (exact) mass is 300 g/mol. The molecule has 2 rings (SSSR count). The van der Waals surface area contributed by atoms with Crippen molar-refractivity contribution in [3.63, 3.8) is 0 Å². The highest BCUT2D eigenvalue weighted by Gasteiger charge is 2.22. The molecule has 0 saturated heterocycles. The van der Waals surface area contributed by atoms with Gasteiger partial charge in [0, 0.05) is 11.9 Å². The van der Waals surface area contributed by atoms with E-state index in [4.69, 9.17) is 0 Å². The zero-order chi connectivity index (χ0) is 11.7. The lowest BCUT2D eigenvalue weighted by Gasteiger charge is -2.16. The maximum Gasteiger partial charge on any atom is 0.153 e. The van der Waals surface area contributed by atoms with Gasteiger partial charge in [0.15, 0.2) is 4.60 Å². The quantitative estimate of drug-likeness (QED) is 0.945. The van der Waals surface area contributed by atoms with Gasteiger partial charge >= 0.3 is 0 Å². The Morgan fingerprint density at radius 3 is 2.75 bits per heavy atom. The smallest absolute Gasteiger partial charge is 0.153 e. The second-order valence-electron chi connectivity index (χ2n) is 3.58. The van der Waals surface area contributed by atoms with E-state index >= 15 is 0 Å². The molecule has 0 saturated carbocycles. The molecule has 16 heavy (non-hydrogen) atoms. The second-order valence-corrected chi connectivity index (χ2v) is 5.28. The number of aryl methyl sites for hydroxylation is 2. The topological polar surface area (TPSA) is 42.7 Å². The van der Waals surface area contributed by atoms with Crippen molar-refractivity contribution in [1.82, 2.24) is 20.3 Å². The molecule has 0 spiro atoms. The first-order valence-corrected chi connectivity index (χ1v) is 6.58. The van der Waals surface area contributed by atoms with Gasteiger partial charge in [-0.1, -0.05) is 5.21 Å². The van der Waals surface area contributed by atoms with E-state index in [1.165, 1.54) is 10.4 Å². The van der Waals surface area contributed by atoms with Crippen molar-refractivity contribution in [1.29, 1.82) is 0 Å². The van der Waals surface area contributed by atoms with Crippen LogP contribution in [0.5, 0.6) is 0 Å². The molecule has 2 aromatic rings. The van der Waals surface area contributed by atoms with Crippen molar-refractivity contribution < 1.29 is 0 Å². The van der Waals surface area contributed by atoms with Crippen molar-refractivity contribution in [2.45, 2.75) is 13.0 Å². The van der Waals surface area contributed by atoms with E-state index in [2.05, 4.69) is 49.9 Å². The fourth-order valence-electron chi connectivity index (χ4n) is 1.72. The fraction of sp³-hybridized carbons (Fsp3) is 0.400. The number of halogens is 1. The van der Waals surface area contributed by atoms with Crippen molar-refractivity contribution in [3.8, 4) is 0 Å². The van der Waals surface area contributed by atoms with Gasteiger partial charge in [0.25, 0.3) is 0 Å². The molecule has 86 valence electrons. The van der Waals surface area contributed by atoms with Gasteiger partial charge < -0.3 is 5.32 Å². The minimum atomic E-state index is 0.134. The molecule has 1 atom stereocenters. The first-order chi connectivity index (χ1) is 7.65. The van der Waals surface area contributed by atoms with Crippen LogP contribution in [0.2, 0.25) is 0 Å². The first kappa shape index (κ1) is 11.8. The molecule has 0 amide bonds. The van der Waals surface area contributed by atoms with E-state index < -0.39 is 0 Å². The molecule has 0 bridgehead atoms. The van der Waals surface area contributed by atoms with E-state index in [0.717, 1.165) is 10.3 Å². The molecule has 0 radical (unpaired) electrons. The summed E-state index contributed by atoms with van der Waals surface area (Å²) >= 11 is 5.18. The highest BCUT2D eigenvalue weighted by atomic mass is 79.9. The highest BCUT2D eigenvalue weighted by Crippen LogP contribution is 2.31. The van der Waals surface area contributed by atoms with Crippen molar-refractivity contribution in [3.05, 3.63) is 32.2 Å². The summed E-state index contributed by atoms with van der Waals surface area (Å²) in [6, 6.07) is 2.26. The summed E-state index contributed by atoms with van der Waals surface area (Å²) in [6.07, 6.45) is 0. The van der Waals surface area contributed by atoms with Crippen LogP contribution in [0, 0.1) is 6.92 Å². The molecule has 0 aliphatic carbocycles. The van der Waals surface area contributed by atoms with Gasteiger partial charge in [-0.25, -0.2) is 4.68 Å². The van der Waals surface area contributed by atoms with Crippen LogP contribution in [0.25, 0.3) is 0 Å². The Bertz CT molecular complexity index is 471. The van der Waals surface area contributed by atoms with Gasteiger partial charge in [0.1, 0.15) is 0 Å². The maximum absolute atomic E-state index is 4.02. The molecule has 1 N–H and O–H groups in total. The second kappa shape index (κ2) is 4.65. The Kier molecular flexibility index (Phi) is 3.41. The molecule has 1 unspecified atom stereocenters. The number of hydrogen-bond donors (Lipinski definition) is 1. The molecular weight excluding hydrogens is 288 g/mol. The van der Waals surface area contributed by atoms with Crippen LogP contribution in [0.1, 0.15) is 22.2 Å². The van der Waals surface area contributed by atoms with E-state index in [-0.39, 0.29) is 6.04 Å². The third kappa shape index (κ3) is 1.92. The van der Waals surface area contributed by atoms with E-state index in [1.807, 2.05) is 14.1 Å². The number of aromatic nitrogens is 3. The number of thiophene rings is 1. The Labute approximate surface area is 107 Å². The predicted octanol–water partition coefficient (Wildman–Crippen LogP) is 2.26. The van der Waals surface area contributed by atoms with Crippen LogP contribution in [0.4, 0.5) is 0 Å². The molecule has 6 heteroatoms. The lowest BCUT2D eigenvalue weighted by atomic mass is 10.1. The Morgan fingerprint density at radius 2 is 2.31 bits per heavy atom. The molecular formula is C10H13BrN4S. The van der Waals surface area contributed by atoms with E-state index in [9.17, 15) is 0 Å². The van der Waals surface area contributed by atoms with Gasteiger partial charge in [0.05, 0.1) is 11.7 Å². The van der Waals surface area contributed by atoms with Crippen LogP contribution in [0.15, 0.2) is 16.0 Å². The van der Waals surface area contributed by atoms with E-state index in [1.54, 1.807) is 16.0 Å². The van der Waals surface area contributed by atoms with E-state index in [0.29, 0.717) is 0 Å². The number of nitrogens with one attached hydrogen (secondary N) is 1. The van der Waals surface area contributed by atoms with Gasteiger partial charge in [-0.2, -0.15) is 0 Å². The molecule has 0 aliphatic rings. The first-order valence-electron chi connectivity index (χ1n) is 4.91. The molecule has 0 aliphatic heterocycles. The standard InChI is InChI=1S/C10H13BrN4S/c1-6-4-5-16-9(6)7(12-2)8-10(11)13-14-15(8)3/h4-5,7,12H,1-3H3. The minimum Gasteiger partial charge on any atom is -0.307 e. The molecule has 2 heterocycles. The van der Waals surface area contributed by atoms with Gasteiger partial charge in [-0.3, -0.25) is 0 Å². The number of nitrogens with zero attached hydrogens (tertiary/aromatic N) is 3. The van der Waals surface area contributed by atoms with Gasteiger partial charge in [-0.15, -0.1) is 16.4 Å². The molecule has 2 aromatic heterocycles. The predicted molar refractivity (Wildman–Crippen MR) is 68.7 cm³/mol. The van der Waals surface area contributed by atoms with Crippen LogP contribution in [-0.4, -0.2) is 22.0 Å². The van der Waals surface area contributed by atoms with Crippen LogP contribution >= 0.6 is 27.3 Å². The maximum atomic E-state index is 4.02. The number of rotatable bonds is 3. The Morgan fingerprint density at radius 1 is 1.56 bits per heavy atom. The van der Waals surface area contributed by atoms with Crippen molar-refractivity contribution in [2.24, 2.45) is 7.05 Å². The average molecular weight is 301 g/mol. The fourth-order valence-corrected chi connectivity index (χ4v) is 3.31. The van der Waals surface area contributed by atoms with Crippen molar-refractivity contribution >= 4 is 27.3 Å². The normalized spacial score (nSPS) is 13.0. The summed E-state index contributed by atoms with van der Waals surface area (Å²) in [6.45, 7) is 2.12. The molecule has 4 nitrogen and oxygen atoms in total. The molecule has 0 fully saturated rings. The Balaban J connectivity index is 2.49. The SMILES string of the molecule is CNC(c1sccc1C)c1c(Br)nnn1C. The third-order valence-electron chi connectivity index (χ3n) is 2.55. The summed E-state index contributed by atoms with van der Waals surface area (Å²) in [4.78, 5) is 1.30. The largest absolute Gasteiger partial charge is 0.307 e. The lowest BCUT2D eigenvalue weighted by Crippen LogP contribution is -2.20. The average Bonchev–Trinajstić information content (AvgIpc) is 2.80. The van der Waals surface area contributed by atoms with Crippen LogP contribution in [-0.2, 0) is 7.05 Å². The zero-order valence-corrected chi connectivity index (χ0v) is 11.8. The summed E-state index contributed by atoms with van der Waals surface area (Å²) in [5.41, 5.74) is 2.34. The zero-order valence-electron chi connectivity index (χ0n) is 9.36. The Hall–Kier alpha value is -0.720. The van der Waals surface area contributed by atoms with Crippen LogP contribution in [0.3, 0.4) is 0 Å². The third-order valence-corrected chi connectivity index (χ3v) is 4.20. The highest BCUT2D eigenvalue weighted by molar-refractivity contribution is 9.10. The minimum absolute atomic E-state index is 0.134. The summed E-state index contributed by atoms with van der Waals surface area (Å²) in [7, 11) is 3.85. The lowest BCUT2D eigenvalue weighted by molar-refractivity contribution is 0.601. The van der Waals surface area contributed by atoms with Gasteiger partial charge in [0.2, 0.25) is 0 Å². The summed E-state index contributed by atoms with van der Waals surface area (Å²) in [5, 5.41) is 13.4. The number of hydrogen-bond acceptors (Lipinski definition) is 4.